The van der Waals surface area contributed by atoms with Gasteiger partial charge in [0, 0.05) is 19.6 Å². The van der Waals surface area contributed by atoms with Crippen LogP contribution in [0.2, 0.25) is 0 Å². The minimum Gasteiger partial charge on any atom is -0.338 e. The Balaban J connectivity index is 2.32. The SMILES string of the molecule is CCCN(CCN)c1nnc2ccccc2n1. The average Bonchev–Trinajstić information content (AvgIpc) is 2.38. The van der Waals surface area contributed by atoms with Crippen LogP contribution >= 0.6 is 0 Å². The second-order valence-electron chi connectivity index (χ2n) is 3.88. The minimum absolute atomic E-state index is 0.593. The Morgan fingerprint density at radius 1 is 1.12 bits per heavy atom. The van der Waals surface area contributed by atoms with E-state index in [1.807, 2.05) is 24.3 Å². The molecule has 17 heavy (non-hydrogen) atoms. The monoisotopic (exact) mass is 231 g/mol. The van der Waals surface area contributed by atoms with Gasteiger partial charge < -0.3 is 10.6 Å². The van der Waals surface area contributed by atoms with E-state index in [9.17, 15) is 0 Å². The van der Waals surface area contributed by atoms with Crippen LogP contribution in [-0.4, -0.2) is 34.8 Å². The van der Waals surface area contributed by atoms with E-state index in [2.05, 4.69) is 27.0 Å². The lowest BCUT2D eigenvalue weighted by Gasteiger charge is -2.20. The third-order valence-electron chi connectivity index (χ3n) is 2.52. The Bertz CT molecular complexity index is 479. The van der Waals surface area contributed by atoms with Crippen LogP contribution in [0.5, 0.6) is 0 Å². The van der Waals surface area contributed by atoms with Gasteiger partial charge in [0.2, 0.25) is 5.95 Å². The number of nitrogens with two attached hydrogens (primary N) is 1. The van der Waals surface area contributed by atoms with Crippen molar-refractivity contribution in [3.8, 4) is 0 Å². The van der Waals surface area contributed by atoms with E-state index in [-0.39, 0.29) is 0 Å². The first kappa shape index (κ1) is 11.7. The molecule has 0 aliphatic rings. The summed E-state index contributed by atoms with van der Waals surface area (Å²) in [6, 6.07) is 7.74. The van der Waals surface area contributed by atoms with Crippen LogP contribution in [0.4, 0.5) is 5.95 Å². The lowest BCUT2D eigenvalue weighted by Crippen LogP contribution is -2.31. The topological polar surface area (TPSA) is 67.9 Å². The minimum atomic E-state index is 0.593. The second-order valence-corrected chi connectivity index (χ2v) is 3.88. The standard InChI is InChI=1S/C12H17N5/c1-2-8-17(9-7-13)12-14-10-5-3-4-6-11(10)15-16-12/h3-6H,2,7-9,13H2,1H3. The summed E-state index contributed by atoms with van der Waals surface area (Å²) in [5, 5.41) is 8.33. The van der Waals surface area contributed by atoms with Crippen molar-refractivity contribution in [3.05, 3.63) is 24.3 Å². The molecule has 1 aromatic carbocycles. The lowest BCUT2D eigenvalue weighted by molar-refractivity contribution is 0.730. The fourth-order valence-corrected chi connectivity index (χ4v) is 1.74. The van der Waals surface area contributed by atoms with Gasteiger partial charge in [-0.1, -0.05) is 19.1 Å². The van der Waals surface area contributed by atoms with Crippen molar-refractivity contribution in [2.75, 3.05) is 24.5 Å². The molecule has 5 nitrogen and oxygen atoms in total. The summed E-state index contributed by atoms with van der Waals surface area (Å²) in [5.41, 5.74) is 7.28. The van der Waals surface area contributed by atoms with Crippen LogP contribution in [0.15, 0.2) is 24.3 Å². The molecule has 0 aliphatic heterocycles. The molecule has 0 bridgehead atoms. The van der Waals surface area contributed by atoms with Crippen LogP contribution < -0.4 is 10.6 Å². The predicted molar refractivity (Wildman–Crippen MR) is 68.9 cm³/mol. The molecule has 0 radical (unpaired) electrons. The summed E-state index contributed by atoms with van der Waals surface area (Å²) < 4.78 is 0. The van der Waals surface area contributed by atoms with Gasteiger partial charge in [0.25, 0.3) is 0 Å². The Labute approximate surface area is 101 Å². The van der Waals surface area contributed by atoms with Crippen LogP contribution in [0.1, 0.15) is 13.3 Å². The fraction of sp³-hybridized carbons (Fsp3) is 0.417. The number of benzene rings is 1. The molecular formula is C12H17N5. The Morgan fingerprint density at radius 3 is 2.59 bits per heavy atom. The summed E-state index contributed by atoms with van der Waals surface area (Å²) in [4.78, 5) is 6.58. The molecule has 1 aromatic heterocycles. The summed E-state index contributed by atoms with van der Waals surface area (Å²) in [7, 11) is 0. The number of rotatable bonds is 5. The van der Waals surface area contributed by atoms with E-state index < -0.39 is 0 Å². The van der Waals surface area contributed by atoms with Gasteiger partial charge in [-0.25, -0.2) is 4.98 Å². The van der Waals surface area contributed by atoms with Gasteiger partial charge in [-0.2, -0.15) is 0 Å². The molecule has 2 N–H and O–H groups in total. The molecule has 0 saturated carbocycles. The number of para-hydroxylation sites is 1. The summed E-state index contributed by atoms with van der Waals surface area (Å²) in [6.07, 6.45) is 1.04. The third kappa shape index (κ3) is 2.68. The van der Waals surface area contributed by atoms with Crippen LogP contribution in [0, 0.1) is 0 Å². The van der Waals surface area contributed by atoms with Crippen LogP contribution in [0.25, 0.3) is 11.0 Å². The maximum absolute atomic E-state index is 5.59. The van der Waals surface area contributed by atoms with Gasteiger partial charge in [0.1, 0.15) is 5.52 Å². The highest BCUT2D eigenvalue weighted by Crippen LogP contribution is 2.12. The molecule has 0 unspecified atom stereocenters. The van der Waals surface area contributed by atoms with Crippen molar-refractivity contribution >= 4 is 17.0 Å². The normalized spacial score (nSPS) is 10.7. The molecular weight excluding hydrogens is 214 g/mol. The van der Waals surface area contributed by atoms with Crippen molar-refractivity contribution in [2.45, 2.75) is 13.3 Å². The van der Waals surface area contributed by atoms with Crippen molar-refractivity contribution in [1.82, 2.24) is 15.2 Å². The lowest BCUT2D eigenvalue weighted by atomic mass is 10.3. The van der Waals surface area contributed by atoms with Gasteiger partial charge in [-0.05, 0) is 18.6 Å². The predicted octanol–water partition coefficient (Wildman–Crippen LogP) is 1.20. The van der Waals surface area contributed by atoms with Crippen molar-refractivity contribution < 1.29 is 0 Å². The Morgan fingerprint density at radius 2 is 1.88 bits per heavy atom. The first-order chi connectivity index (χ1) is 8.35. The molecule has 0 aliphatic carbocycles. The van der Waals surface area contributed by atoms with E-state index in [1.54, 1.807) is 0 Å². The number of hydrogen-bond acceptors (Lipinski definition) is 5. The van der Waals surface area contributed by atoms with Gasteiger partial charge in [0.05, 0.1) is 5.52 Å². The maximum Gasteiger partial charge on any atom is 0.245 e. The number of hydrogen-bond donors (Lipinski definition) is 1. The molecule has 0 saturated heterocycles. The first-order valence-corrected chi connectivity index (χ1v) is 5.89. The number of fused-ring (bicyclic) bond motifs is 1. The zero-order chi connectivity index (χ0) is 12.1. The zero-order valence-electron chi connectivity index (χ0n) is 10.0. The molecule has 2 aromatic rings. The third-order valence-corrected chi connectivity index (χ3v) is 2.52. The second kappa shape index (κ2) is 5.54. The van der Waals surface area contributed by atoms with E-state index >= 15 is 0 Å². The highest BCUT2D eigenvalue weighted by molar-refractivity contribution is 5.74. The number of anilines is 1. The van der Waals surface area contributed by atoms with Crippen LogP contribution in [-0.2, 0) is 0 Å². The Kier molecular flexibility index (Phi) is 3.82. The van der Waals surface area contributed by atoms with Gasteiger partial charge in [-0.3, -0.25) is 0 Å². The molecule has 1 heterocycles. The van der Waals surface area contributed by atoms with Crippen molar-refractivity contribution in [1.29, 1.82) is 0 Å². The summed E-state index contributed by atoms with van der Waals surface area (Å²) >= 11 is 0. The molecule has 0 amide bonds. The number of nitrogens with zero attached hydrogens (tertiary/aromatic N) is 4. The Hall–Kier alpha value is -1.75. The molecule has 0 atom stereocenters. The quantitative estimate of drug-likeness (QED) is 0.837. The summed E-state index contributed by atoms with van der Waals surface area (Å²) in [6.45, 7) is 4.37. The molecule has 5 heteroatoms. The fourth-order valence-electron chi connectivity index (χ4n) is 1.74. The van der Waals surface area contributed by atoms with Gasteiger partial charge in [-0.15, -0.1) is 10.2 Å². The zero-order valence-corrected chi connectivity index (χ0v) is 10.0. The maximum atomic E-state index is 5.59. The largest absolute Gasteiger partial charge is 0.338 e. The smallest absolute Gasteiger partial charge is 0.245 e. The van der Waals surface area contributed by atoms with Gasteiger partial charge >= 0.3 is 0 Å². The highest BCUT2D eigenvalue weighted by atomic mass is 15.3. The molecule has 2 rings (SSSR count). The summed E-state index contributed by atoms with van der Waals surface area (Å²) in [5.74, 6) is 0.663. The van der Waals surface area contributed by atoms with Gasteiger partial charge in [0.15, 0.2) is 0 Å². The average molecular weight is 231 g/mol. The van der Waals surface area contributed by atoms with Crippen LogP contribution in [0.3, 0.4) is 0 Å². The van der Waals surface area contributed by atoms with Crippen molar-refractivity contribution in [2.24, 2.45) is 5.73 Å². The first-order valence-electron chi connectivity index (χ1n) is 5.89. The molecule has 0 fully saturated rings. The van der Waals surface area contributed by atoms with E-state index in [0.717, 1.165) is 30.5 Å². The molecule has 90 valence electrons. The number of aromatic nitrogens is 3. The van der Waals surface area contributed by atoms with E-state index in [0.29, 0.717) is 12.5 Å². The molecule has 0 spiro atoms. The van der Waals surface area contributed by atoms with Crippen molar-refractivity contribution in [3.63, 3.8) is 0 Å². The van der Waals surface area contributed by atoms with E-state index in [4.69, 9.17) is 5.73 Å². The highest BCUT2D eigenvalue weighted by Gasteiger charge is 2.09. The van der Waals surface area contributed by atoms with E-state index in [1.165, 1.54) is 0 Å².